The van der Waals surface area contributed by atoms with Gasteiger partial charge in [-0.05, 0) is 36.4 Å². The molecule has 3 aromatic rings. The number of nitrogens with one attached hydrogen (secondary N) is 1. The van der Waals surface area contributed by atoms with Gasteiger partial charge >= 0.3 is 0 Å². The molecule has 0 aliphatic heterocycles. The van der Waals surface area contributed by atoms with Gasteiger partial charge in [0.1, 0.15) is 0 Å². The average molecular weight is 325 g/mol. The van der Waals surface area contributed by atoms with Crippen LogP contribution < -0.4 is 0 Å². The molecule has 2 aromatic carbocycles. The number of halogens is 1. The summed E-state index contributed by atoms with van der Waals surface area (Å²) in [4.78, 5) is 15.5. The van der Waals surface area contributed by atoms with E-state index in [-0.39, 0.29) is 5.78 Å². The Hall–Kier alpha value is -2.38. The molecule has 4 heteroatoms. The fourth-order valence-corrected chi connectivity index (χ4v) is 2.40. The van der Waals surface area contributed by atoms with Crippen LogP contribution in [0.4, 0.5) is 0 Å². The van der Waals surface area contributed by atoms with Gasteiger partial charge in [0, 0.05) is 32.7 Å². The molecule has 0 spiro atoms. The van der Waals surface area contributed by atoms with E-state index in [1.165, 1.54) is 0 Å². The Kier molecular flexibility index (Phi) is 3.13. The van der Waals surface area contributed by atoms with Gasteiger partial charge < -0.3 is 4.98 Å². The van der Waals surface area contributed by atoms with Crippen LogP contribution in [0.15, 0.2) is 53.1 Å². The molecule has 0 radical (unpaired) electrons. The highest BCUT2D eigenvalue weighted by atomic mass is 79.9. The normalized spacial score (nSPS) is 10.4. The molecule has 0 fully saturated rings. The first kappa shape index (κ1) is 12.6. The third kappa shape index (κ3) is 2.13. The van der Waals surface area contributed by atoms with E-state index >= 15 is 0 Å². The number of ketones is 1. The second-order valence-electron chi connectivity index (χ2n) is 4.41. The van der Waals surface area contributed by atoms with Crippen LogP contribution in [0.5, 0.6) is 0 Å². The lowest BCUT2D eigenvalue weighted by Crippen LogP contribution is -1.99. The maximum atomic E-state index is 12.5. The Bertz CT molecular complexity index is 841. The molecule has 0 aliphatic rings. The number of aromatic nitrogens is 1. The van der Waals surface area contributed by atoms with Gasteiger partial charge in [-0.3, -0.25) is 4.79 Å². The standard InChI is InChI=1S/C16H9BrN2O/c17-12-4-2-11(3-5-12)16(20)14-9-19-15-7-10(8-18)1-6-13(14)15/h1-7,9,19H. The van der Waals surface area contributed by atoms with Gasteiger partial charge in [-0.25, -0.2) is 0 Å². The summed E-state index contributed by atoms with van der Waals surface area (Å²) in [5.41, 5.74) is 2.62. The number of fused-ring (bicyclic) bond motifs is 1. The van der Waals surface area contributed by atoms with Crippen LogP contribution in [0.25, 0.3) is 10.9 Å². The van der Waals surface area contributed by atoms with Gasteiger partial charge in [-0.1, -0.05) is 22.0 Å². The lowest BCUT2D eigenvalue weighted by Gasteiger charge is -2.00. The van der Waals surface area contributed by atoms with Crippen molar-refractivity contribution in [3.8, 4) is 6.07 Å². The minimum absolute atomic E-state index is 0.0338. The molecule has 0 saturated carbocycles. The van der Waals surface area contributed by atoms with Gasteiger partial charge in [-0.2, -0.15) is 5.26 Å². The number of aromatic amines is 1. The van der Waals surface area contributed by atoms with Crippen LogP contribution in [-0.4, -0.2) is 10.8 Å². The number of nitriles is 1. The molecule has 3 nitrogen and oxygen atoms in total. The summed E-state index contributed by atoms with van der Waals surface area (Å²) in [5, 5.41) is 9.71. The second-order valence-corrected chi connectivity index (χ2v) is 5.33. The molecule has 0 atom stereocenters. The fourth-order valence-electron chi connectivity index (χ4n) is 2.14. The van der Waals surface area contributed by atoms with Crippen LogP contribution in [0.2, 0.25) is 0 Å². The number of hydrogen-bond acceptors (Lipinski definition) is 2. The Labute approximate surface area is 124 Å². The Morgan fingerprint density at radius 3 is 2.60 bits per heavy atom. The predicted octanol–water partition coefficient (Wildman–Crippen LogP) is 4.03. The van der Waals surface area contributed by atoms with Crippen molar-refractivity contribution < 1.29 is 4.79 Å². The zero-order valence-electron chi connectivity index (χ0n) is 10.4. The van der Waals surface area contributed by atoms with E-state index in [2.05, 4.69) is 27.0 Å². The molecular formula is C16H9BrN2O. The second kappa shape index (κ2) is 4.95. The number of rotatable bonds is 2. The van der Waals surface area contributed by atoms with Crippen LogP contribution in [0.3, 0.4) is 0 Å². The van der Waals surface area contributed by atoms with Crippen molar-refractivity contribution in [1.82, 2.24) is 4.98 Å². The molecule has 0 amide bonds. The lowest BCUT2D eigenvalue weighted by atomic mass is 10.0. The van der Waals surface area contributed by atoms with E-state index in [0.29, 0.717) is 16.7 Å². The van der Waals surface area contributed by atoms with Crippen molar-refractivity contribution >= 4 is 32.6 Å². The third-order valence-corrected chi connectivity index (χ3v) is 3.69. The minimum Gasteiger partial charge on any atom is -0.360 e. The summed E-state index contributed by atoms with van der Waals surface area (Å²) < 4.78 is 0.937. The summed E-state index contributed by atoms with van der Waals surface area (Å²) in [7, 11) is 0. The van der Waals surface area contributed by atoms with Gasteiger partial charge in [0.2, 0.25) is 0 Å². The zero-order valence-corrected chi connectivity index (χ0v) is 11.9. The first-order valence-electron chi connectivity index (χ1n) is 6.00. The molecule has 0 unspecified atom stereocenters. The van der Waals surface area contributed by atoms with Crippen molar-refractivity contribution in [2.45, 2.75) is 0 Å². The molecule has 1 heterocycles. The summed E-state index contributed by atoms with van der Waals surface area (Å²) in [6.45, 7) is 0. The van der Waals surface area contributed by atoms with Crippen molar-refractivity contribution in [2.75, 3.05) is 0 Å². The van der Waals surface area contributed by atoms with Gasteiger partial charge in [0.05, 0.1) is 11.6 Å². The predicted molar refractivity (Wildman–Crippen MR) is 80.6 cm³/mol. The van der Waals surface area contributed by atoms with E-state index in [0.717, 1.165) is 15.4 Å². The SMILES string of the molecule is N#Cc1ccc2c(C(=O)c3ccc(Br)cc3)c[nH]c2c1. The monoisotopic (exact) mass is 324 g/mol. The van der Waals surface area contributed by atoms with Crippen molar-refractivity contribution in [3.05, 3.63) is 69.8 Å². The smallest absolute Gasteiger partial charge is 0.195 e. The van der Waals surface area contributed by atoms with E-state index in [1.54, 1.807) is 36.5 Å². The number of carbonyl (C=O) groups excluding carboxylic acids is 1. The van der Waals surface area contributed by atoms with Crippen LogP contribution in [0.1, 0.15) is 21.5 Å². The topological polar surface area (TPSA) is 56.6 Å². The highest BCUT2D eigenvalue weighted by molar-refractivity contribution is 9.10. The summed E-state index contributed by atoms with van der Waals surface area (Å²) in [6, 6.07) is 14.6. The molecule has 0 saturated heterocycles. The maximum absolute atomic E-state index is 12.5. The first-order valence-corrected chi connectivity index (χ1v) is 6.80. The molecule has 1 aromatic heterocycles. The van der Waals surface area contributed by atoms with Gasteiger partial charge in [-0.15, -0.1) is 0 Å². The number of nitrogens with zero attached hydrogens (tertiary/aromatic N) is 1. The largest absolute Gasteiger partial charge is 0.360 e. The first-order chi connectivity index (χ1) is 9.69. The molecule has 1 N–H and O–H groups in total. The quantitative estimate of drug-likeness (QED) is 0.723. The molecule has 0 aliphatic carbocycles. The fraction of sp³-hybridized carbons (Fsp3) is 0. The Balaban J connectivity index is 2.08. The van der Waals surface area contributed by atoms with Crippen LogP contribution in [-0.2, 0) is 0 Å². The average Bonchev–Trinajstić information content (AvgIpc) is 2.90. The highest BCUT2D eigenvalue weighted by Crippen LogP contribution is 2.23. The molecular weight excluding hydrogens is 316 g/mol. The number of carbonyl (C=O) groups is 1. The van der Waals surface area contributed by atoms with Crippen LogP contribution in [0, 0.1) is 11.3 Å². The van der Waals surface area contributed by atoms with Gasteiger partial charge in [0.15, 0.2) is 5.78 Å². The molecule has 0 bridgehead atoms. The summed E-state index contributed by atoms with van der Waals surface area (Å²) in [6.07, 6.45) is 1.69. The Morgan fingerprint density at radius 1 is 1.15 bits per heavy atom. The zero-order chi connectivity index (χ0) is 14.1. The number of benzene rings is 2. The molecule has 3 rings (SSSR count). The Morgan fingerprint density at radius 2 is 1.90 bits per heavy atom. The lowest BCUT2D eigenvalue weighted by molar-refractivity contribution is 0.104. The van der Waals surface area contributed by atoms with E-state index in [9.17, 15) is 4.79 Å². The molecule has 20 heavy (non-hydrogen) atoms. The van der Waals surface area contributed by atoms with Crippen molar-refractivity contribution in [1.29, 1.82) is 5.26 Å². The summed E-state index contributed by atoms with van der Waals surface area (Å²) in [5.74, 6) is -0.0338. The summed E-state index contributed by atoms with van der Waals surface area (Å²) >= 11 is 3.35. The highest BCUT2D eigenvalue weighted by Gasteiger charge is 2.14. The number of hydrogen-bond donors (Lipinski definition) is 1. The minimum atomic E-state index is -0.0338. The van der Waals surface area contributed by atoms with E-state index < -0.39 is 0 Å². The molecule has 96 valence electrons. The van der Waals surface area contributed by atoms with E-state index in [4.69, 9.17) is 5.26 Å². The van der Waals surface area contributed by atoms with Crippen molar-refractivity contribution in [3.63, 3.8) is 0 Å². The number of H-pyrrole nitrogens is 1. The maximum Gasteiger partial charge on any atom is 0.195 e. The van der Waals surface area contributed by atoms with Gasteiger partial charge in [0.25, 0.3) is 0 Å². The van der Waals surface area contributed by atoms with Crippen molar-refractivity contribution in [2.24, 2.45) is 0 Å². The van der Waals surface area contributed by atoms with Crippen LogP contribution >= 0.6 is 15.9 Å². The van der Waals surface area contributed by atoms with E-state index in [1.807, 2.05) is 12.1 Å². The third-order valence-electron chi connectivity index (χ3n) is 3.16.